The van der Waals surface area contributed by atoms with Crippen LogP contribution in [0.2, 0.25) is 5.02 Å². The van der Waals surface area contributed by atoms with Gasteiger partial charge in [0.25, 0.3) is 5.91 Å². The summed E-state index contributed by atoms with van der Waals surface area (Å²) in [6, 6.07) is 5.46. The van der Waals surface area contributed by atoms with Crippen molar-refractivity contribution in [3.05, 3.63) is 23.2 Å². The molecule has 4 heteroatoms. The van der Waals surface area contributed by atoms with Crippen LogP contribution in [0.5, 0.6) is 0 Å². The number of halogens is 1. The van der Waals surface area contributed by atoms with Gasteiger partial charge in [0, 0.05) is 12.1 Å². The van der Waals surface area contributed by atoms with Gasteiger partial charge < -0.3 is 10.2 Å². The molecule has 1 amide bonds. The molecule has 0 saturated heterocycles. The molecule has 0 saturated carbocycles. The third-order valence-electron chi connectivity index (χ3n) is 2.61. The Morgan fingerprint density at radius 2 is 2.07 bits per heavy atom. The number of carbonyl (C=O) groups is 1. The lowest BCUT2D eigenvalue weighted by Gasteiger charge is -2.38. The van der Waals surface area contributed by atoms with Crippen LogP contribution in [-0.4, -0.2) is 18.5 Å². The minimum atomic E-state index is -0.577. The average Bonchev–Trinajstić information content (AvgIpc) is 2.13. The molecular weight excluding hydrogens is 212 g/mol. The maximum Gasteiger partial charge on any atom is 0.251 e. The fraction of sp³-hybridized carbons (Fsp3) is 0.364. The molecule has 0 spiro atoms. The van der Waals surface area contributed by atoms with Crippen molar-refractivity contribution in [2.75, 3.05) is 17.3 Å². The fourth-order valence-corrected chi connectivity index (χ4v) is 1.99. The molecule has 1 aromatic carbocycles. The Hall–Kier alpha value is -1.22. The molecule has 1 N–H and O–H groups in total. The van der Waals surface area contributed by atoms with Gasteiger partial charge in [-0.3, -0.25) is 4.79 Å². The number of nitrogens with one attached hydrogen (secondary N) is 1. The fourth-order valence-electron chi connectivity index (χ4n) is 1.82. The maximum atomic E-state index is 11.9. The van der Waals surface area contributed by atoms with Gasteiger partial charge in [0.1, 0.15) is 5.54 Å². The predicted molar refractivity (Wildman–Crippen MR) is 62.6 cm³/mol. The molecule has 3 nitrogen and oxygen atoms in total. The van der Waals surface area contributed by atoms with E-state index in [1.165, 1.54) is 0 Å². The molecule has 0 atom stereocenters. The van der Waals surface area contributed by atoms with E-state index < -0.39 is 5.54 Å². The number of benzene rings is 1. The average molecular weight is 225 g/mol. The Balaban J connectivity index is 2.55. The number of anilines is 2. The van der Waals surface area contributed by atoms with Crippen molar-refractivity contribution in [3.8, 4) is 0 Å². The predicted octanol–water partition coefficient (Wildman–Crippen LogP) is 2.51. The molecular formula is C11H13ClN2O. The SMILES string of the molecule is CN1C(=O)C(C)(C)Nc2cc(Cl)ccc21. The first-order valence-corrected chi connectivity index (χ1v) is 5.15. The standard InChI is InChI=1S/C11H13ClN2O/c1-11(2)10(15)14(3)9-5-4-7(12)6-8(9)13-11/h4-6,13H,1-3H3. The van der Waals surface area contributed by atoms with E-state index in [9.17, 15) is 4.79 Å². The van der Waals surface area contributed by atoms with E-state index >= 15 is 0 Å². The minimum Gasteiger partial charge on any atom is -0.370 e. The van der Waals surface area contributed by atoms with Crippen LogP contribution in [0.25, 0.3) is 0 Å². The molecule has 1 aliphatic heterocycles. The first-order valence-electron chi connectivity index (χ1n) is 4.78. The summed E-state index contributed by atoms with van der Waals surface area (Å²) in [5.74, 6) is 0.0531. The van der Waals surface area contributed by atoms with Crippen molar-refractivity contribution in [1.82, 2.24) is 0 Å². The third-order valence-corrected chi connectivity index (χ3v) is 2.84. The summed E-state index contributed by atoms with van der Waals surface area (Å²) in [6.07, 6.45) is 0. The second-order valence-electron chi connectivity index (χ2n) is 4.28. The van der Waals surface area contributed by atoms with E-state index in [-0.39, 0.29) is 5.91 Å². The largest absolute Gasteiger partial charge is 0.370 e. The van der Waals surface area contributed by atoms with Crippen LogP contribution >= 0.6 is 11.6 Å². The molecule has 0 aliphatic carbocycles. The van der Waals surface area contributed by atoms with Crippen LogP contribution in [0.4, 0.5) is 11.4 Å². The molecule has 80 valence electrons. The van der Waals surface area contributed by atoms with Gasteiger partial charge in [0.15, 0.2) is 0 Å². The quantitative estimate of drug-likeness (QED) is 0.735. The molecule has 0 unspecified atom stereocenters. The van der Waals surface area contributed by atoms with E-state index in [4.69, 9.17) is 11.6 Å². The first kappa shape index (κ1) is 10.3. The van der Waals surface area contributed by atoms with E-state index in [0.717, 1.165) is 11.4 Å². The van der Waals surface area contributed by atoms with Gasteiger partial charge in [0.05, 0.1) is 11.4 Å². The maximum absolute atomic E-state index is 11.9. The number of hydrogen-bond acceptors (Lipinski definition) is 2. The van der Waals surface area contributed by atoms with Crippen molar-refractivity contribution in [1.29, 1.82) is 0 Å². The van der Waals surface area contributed by atoms with Crippen LogP contribution in [0.3, 0.4) is 0 Å². The first-order chi connectivity index (χ1) is 6.92. The lowest BCUT2D eigenvalue weighted by atomic mass is 9.99. The zero-order valence-corrected chi connectivity index (χ0v) is 9.72. The summed E-state index contributed by atoms with van der Waals surface area (Å²) in [4.78, 5) is 13.6. The number of carbonyl (C=O) groups excluding carboxylic acids is 1. The number of nitrogens with zero attached hydrogens (tertiary/aromatic N) is 1. The van der Waals surface area contributed by atoms with Gasteiger partial charge in [-0.1, -0.05) is 11.6 Å². The third kappa shape index (κ3) is 1.57. The molecule has 1 aromatic rings. The van der Waals surface area contributed by atoms with Crippen molar-refractivity contribution in [2.24, 2.45) is 0 Å². The van der Waals surface area contributed by atoms with Gasteiger partial charge in [-0.05, 0) is 32.0 Å². The van der Waals surface area contributed by atoms with Crippen LogP contribution in [0, 0.1) is 0 Å². The molecule has 0 radical (unpaired) electrons. The molecule has 0 bridgehead atoms. The monoisotopic (exact) mass is 224 g/mol. The Bertz CT molecular complexity index is 429. The summed E-state index contributed by atoms with van der Waals surface area (Å²) >= 11 is 5.91. The Morgan fingerprint density at radius 3 is 2.73 bits per heavy atom. The molecule has 15 heavy (non-hydrogen) atoms. The minimum absolute atomic E-state index is 0.0531. The lowest BCUT2D eigenvalue weighted by molar-refractivity contribution is -0.121. The number of hydrogen-bond donors (Lipinski definition) is 1. The highest BCUT2D eigenvalue weighted by Crippen LogP contribution is 2.35. The molecule has 2 rings (SSSR count). The van der Waals surface area contributed by atoms with Crippen molar-refractivity contribution in [3.63, 3.8) is 0 Å². The zero-order chi connectivity index (χ0) is 11.2. The highest BCUT2D eigenvalue weighted by atomic mass is 35.5. The van der Waals surface area contributed by atoms with E-state index in [1.807, 2.05) is 26.0 Å². The number of likely N-dealkylation sites (N-methyl/N-ethyl adjacent to an activating group) is 1. The van der Waals surface area contributed by atoms with Crippen molar-refractivity contribution < 1.29 is 4.79 Å². The van der Waals surface area contributed by atoms with Crippen molar-refractivity contribution in [2.45, 2.75) is 19.4 Å². The van der Waals surface area contributed by atoms with Crippen LogP contribution in [0.1, 0.15) is 13.8 Å². The molecule has 0 fully saturated rings. The van der Waals surface area contributed by atoms with Gasteiger partial charge in [-0.15, -0.1) is 0 Å². The number of fused-ring (bicyclic) bond motifs is 1. The Morgan fingerprint density at radius 1 is 1.40 bits per heavy atom. The summed E-state index contributed by atoms with van der Waals surface area (Å²) in [5.41, 5.74) is 1.19. The Labute approximate surface area is 94.0 Å². The topological polar surface area (TPSA) is 32.3 Å². The van der Waals surface area contributed by atoms with Crippen LogP contribution < -0.4 is 10.2 Å². The molecule has 1 heterocycles. The Kier molecular flexibility index (Phi) is 2.15. The number of amides is 1. The van der Waals surface area contributed by atoms with Crippen molar-refractivity contribution >= 4 is 28.9 Å². The molecule has 1 aliphatic rings. The smallest absolute Gasteiger partial charge is 0.251 e. The number of rotatable bonds is 0. The van der Waals surface area contributed by atoms with Gasteiger partial charge in [-0.2, -0.15) is 0 Å². The van der Waals surface area contributed by atoms with Crippen LogP contribution in [0.15, 0.2) is 18.2 Å². The van der Waals surface area contributed by atoms with Gasteiger partial charge in [-0.25, -0.2) is 0 Å². The second kappa shape index (κ2) is 3.14. The van der Waals surface area contributed by atoms with Crippen LogP contribution in [-0.2, 0) is 4.79 Å². The summed E-state index contributed by atoms with van der Waals surface area (Å²) in [7, 11) is 1.78. The zero-order valence-electron chi connectivity index (χ0n) is 8.97. The van der Waals surface area contributed by atoms with E-state index in [2.05, 4.69) is 5.32 Å². The summed E-state index contributed by atoms with van der Waals surface area (Å²) in [5, 5.41) is 3.85. The highest BCUT2D eigenvalue weighted by Gasteiger charge is 2.36. The van der Waals surface area contributed by atoms with E-state index in [1.54, 1.807) is 18.0 Å². The highest BCUT2D eigenvalue weighted by molar-refractivity contribution is 6.31. The van der Waals surface area contributed by atoms with Gasteiger partial charge in [0.2, 0.25) is 0 Å². The summed E-state index contributed by atoms with van der Waals surface area (Å²) < 4.78 is 0. The summed E-state index contributed by atoms with van der Waals surface area (Å²) in [6.45, 7) is 3.71. The second-order valence-corrected chi connectivity index (χ2v) is 4.71. The normalized spacial score (nSPS) is 18.4. The molecule has 0 aromatic heterocycles. The van der Waals surface area contributed by atoms with E-state index in [0.29, 0.717) is 5.02 Å². The lowest BCUT2D eigenvalue weighted by Crippen LogP contribution is -2.52. The van der Waals surface area contributed by atoms with Gasteiger partial charge >= 0.3 is 0 Å².